The van der Waals surface area contributed by atoms with Gasteiger partial charge in [0.25, 0.3) is 5.91 Å². The molecule has 0 atom stereocenters. The van der Waals surface area contributed by atoms with E-state index in [4.69, 9.17) is 4.74 Å². The number of alkyl halides is 3. The number of halogens is 4. The fraction of sp³-hybridized carbons (Fsp3) is 0.250. The van der Waals surface area contributed by atoms with Gasteiger partial charge in [-0.2, -0.15) is 13.2 Å². The second-order valence-electron chi connectivity index (χ2n) is 6.35. The Morgan fingerprint density at radius 3 is 2.55 bits per heavy atom. The van der Waals surface area contributed by atoms with Gasteiger partial charge in [-0.15, -0.1) is 0 Å². The fourth-order valence-electron chi connectivity index (χ4n) is 2.66. The molecule has 3 aromatic rings. The van der Waals surface area contributed by atoms with E-state index < -0.39 is 23.5 Å². The molecule has 0 unspecified atom stereocenters. The summed E-state index contributed by atoms with van der Waals surface area (Å²) >= 11 is 0. The van der Waals surface area contributed by atoms with E-state index in [-0.39, 0.29) is 35.5 Å². The molecular weight excluding hydrogens is 390 g/mol. The van der Waals surface area contributed by atoms with Crippen LogP contribution in [-0.2, 0) is 6.18 Å². The van der Waals surface area contributed by atoms with Crippen LogP contribution in [0, 0.1) is 19.7 Å². The Bertz CT molecular complexity index is 1070. The van der Waals surface area contributed by atoms with Crippen molar-refractivity contribution in [2.24, 2.45) is 0 Å². The zero-order chi connectivity index (χ0) is 21.2. The third-order valence-electron chi connectivity index (χ3n) is 4.21. The minimum atomic E-state index is -4.47. The molecule has 0 fully saturated rings. The molecule has 0 aliphatic rings. The number of ether oxygens (including phenoxy) is 1. The maximum atomic E-state index is 13.9. The molecule has 29 heavy (non-hydrogen) atoms. The molecule has 0 aliphatic carbocycles. The van der Waals surface area contributed by atoms with Crippen LogP contribution in [0.1, 0.15) is 27.3 Å². The summed E-state index contributed by atoms with van der Waals surface area (Å²) in [6, 6.07) is 6.70. The van der Waals surface area contributed by atoms with Gasteiger partial charge in [-0.05, 0) is 38.1 Å². The summed E-state index contributed by atoms with van der Waals surface area (Å²) in [4.78, 5) is 21.0. The molecule has 1 heterocycles. The van der Waals surface area contributed by atoms with Gasteiger partial charge in [0.2, 0.25) is 0 Å². The van der Waals surface area contributed by atoms with Gasteiger partial charge in [-0.1, -0.05) is 6.07 Å². The Kier molecular flexibility index (Phi) is 5.67. The Labute approximate surface area is 163 Å². The predicted molar refractivity (Wildman–Crippen MR) is 98.2 cm³/mol. The quantitative estimate of drug-likeness (QED) is 0.508. The average molecular weight is 407 g/mol. The van der Waals surface area contributed by atoms with E-state index in [1.165, 1.54) is 18.2 Å². The zero-order valence-electron chi connectivity index (χ0n) is 15.6. The van der Waals surface area contributed by atoms with Crippen molar-refractivity contribution in [2.75, 3.05) is 13.2 Å². The minimum Gasteiger partial charge on any atom is -0.492 e. The van der Waals surface area contributed by atoms with Crippen molar-refractivity contribution in [3.05, 3.63) is 64.7 Å². The first kappa shape index (κ1) is 20.5. The molecule has 0 radical (unpaired) electrons. The van der Waals surface area contributed by atoms with Crippen LogP contribution in [0.4, 0.5) is 17.6 Å². The number of aromatic nitrogens is 2. The number of amides is 1. The number of nitrogens with one attached hydrogen (secondary N) is 1. The summed E-state index contributed by atoms with van der Waals surface area (Å²) in [5, 5.41) is 2.55. The highest BCUT2D eigenvalue weighted by molar-refractivity contribution is 6.04. The van der Waals surface area contributed by atoms with Gasteiger partial charge in [-0.3, -0.25) is 4.79 Å². The predicted octanol–water partition coefficient (Wildman–Crippen LogP) is 4.21. The van der Waals surface area contributed by atoms with Gasteiger partial charge in [0.1, 0.15) is 23.7 Å². The maximum absolute atomic E-state index is 13.9. The van der Waals surface area contributed by atoms with Gasteiger partial charge in [-0.25, -0.2) is 14.4 Å². The summed E-state index contributed by atoms with van der Waals surface area (Å²) in [7, 11) is 0. The molecule has 0 saturated heterocycles. The summed E-state index contributed by atoms with van der Waals surface area (Å²) in [6.07, 6.45) is -4.47. The minimum absolute atomic E-state index is 0.00532. The number of fused-ring (bicyclic) bond motifs is 1. The largest absolute Gasteiger partial charge is 0.492 e. The van der Waals surface area contributed by atoms with Crippen LogP contribution in [0.25, 0.3) is 11.0 Å². The molecule has 0 aliphatic heterocycles. The molecule has 2 aromatic carbocycles. The van der Waals surface area contributed by atoms with Crippen molar-refractivity contribution in [2.45, 2.75) is 20.0 Å². The van der Waals surface area contributed by atoms with Crippen LogP contribution in [0.5, 0.6) is 5.75 Å². The lowest BCUT2D eigenvalue weighted by molar-refractivity contribution is -0.137. The van der Waals surface area contributed by atoms with Crippen LogP contribution >= 0.6 is 0 Å². The van der Waals surface area contributed by atoms with E-state index in [1.807, 2.05) is 0 Å². The van der Waals surface area contributed by atoms with Crippen LogP contribution in [0.15, 0.2) is 36.4 Å². The molecule has 1 aromatic heterocycles. The summed E-state index contributed by atoms with van der Waals surface area (Å²) in [5.41, 5.74) is 0.975. The molecular formula is C20H17F4N3O2. The number of aryl methyl sites for hydroxylation is 2. The maximum Gasteiger partial charge on any atom is 0.416 e. The Balaban J connectivity index is 1.67. The van der Waals surface area contributed by atoms with Gasteiger partial charge >= 0.3 is 6.18 Å². The van der Waals surface area contributed by atoms with Crippen molar-refractivity contribution >= 4 is 16.9 Å². The van der Waals surface area contributed by atoms with Gasteiger partial charge in [0.15, 0.2) is 0 Å². The van der Waals surface area contributed by atoms with Crippen LogP contribution in [0.2, 0.25) is 0 Å². The second-order valence-corrected chi connectivity index (χ2v) is 6.35. The molecule has 0 spiro atoms. The van der Waals surface area contributed by atoms with E-state index in [0.717, 1.165) is 18.2 Å². The Morgan fingerprint density at radius 1 is 1.10 bits per heavy atom. The summed E-state index contributed by atoms with van der Waals surface area (Å²) in [6.45, 7) is 3.41. The van der Waals surface area contributed by atoms with Crippen LogP contribution in [0.3, 0.4) is 0 Å². The van der Waals surface area contributed by atoms with Crippen molar-refractivity contribution in [1.82, 2.24) is 15.3 Å². The first-order valence-electron chi connectivity index (χ1n) is 8.68. The van der Waals surface area contributed by atoms with E-state index in [2.05, 4.69) is 15.3 Å². The van der Waals surface area contributed by atoms with E-state index >= 15 is 0 Å². The number of hydrogen-bond acceptors (Lipinski definition) is 4. The van der Waals surface area contributed by atoms with Gasteiger partial charge in [0, 0.05) is 6.07 Å². The Hall–Kier alpha value is -3.23. The smallest absolute Gasteiger partial charge is 0.416 e. The number of hydrogen-bond donors (Lipinski definition) is 1. The number of carbonyl (C=O) groups excluding carboxylic acids is 1. The first-order valence-corrected chi connectivity index (χ1v) is 8.68. The molecule has 0 bridgehead atoms. The zero-order valence-corrected chi connectivity index (χ0v) is 15.6. The second kappa shape index (κ2) is 8.02. The molecule has 9 heteroatoms. The van der Waals surface area contributed by atoms with Crippen molar-refractivity contribution in [3.8, 4) is 5.75 Å². The monoisotopic (exact) mass is 407 g/mol. The van der Waals surface area contributed by atoms with E-state index in [0.29, 0.717) is 11.4 Å². The standard InChI is InChI=1S/C20H17F4N3O2/c1-11-12(2)27-18-16(9-14(21)10-17(18)26-11)19(28)25-6-7-29-15-5-3-4-13(8-15)20(22,23)24/h3-5,8-10H,6-7H2,1-2H3,(H,25,28). The SMILES string of the molecule is Cc1nc2cc(F)cc(C(=O)NCCOc3cccc(C(F)(F)F)c3)c2nc1C. The number of nitrogens with zero attached hydrogens (tertiary/aromatic N) is 2. The lowest BCUT2D eigenvalue weighted by atomic mass is 10.1. The summed E-state index contributed by atoms with van der Waals surface area (Å²) < 4.78 is 57.3. The normalized spacial score (nSPS) is 11.5. The average Bonchev–Trinajstić information content (AvgIpc) is 2.65. The van der Waals surface area contributed by atoms with Gasteiger partial charge in [0.05, 0.1) is 34.6 Å². The van der Waals surface area contributed by atoms with Crippen molar-refractivity contribution in [1.29, 1.82) is 0 Å². The van der Waals surface area contributed by atoms with Gasteiger partial charge < -0.3 is 10.1 Å². The highest BCUT2D eigenvalue weighted by atomic mass is 19.4. The topological polar surface area (TPSA) is 64.1 Å². The first-order chi connectivity index (χ1) is 13.6. The molecule has 0 saturated carbocycles. The third kappa shape index (κ3) is 4.79. The highest BCUT2D eigenvalue weighted by Gasteiger charge is 2.30. The summed E-state index contributed by atoms with van der Waals surface area (Å²) in [5.74, 6) is -1.18. The molecule has 1 amide bonds. The lowest BCUT2D eigenvalue weighted by Crippen LogP contribution is -2.28. The van der Waals surface area contributed by atoms with Crippen molar-refractivity contribution in [3.63, 3.8) is 0 Å². The molecule has 5 nitrogen and oxygen atoms in total. The van der Waals surface area contributed by atoms with E-state index in [1.54, 1.807) is 13.8 Å². The Morgan fingerprint density at radius 2 is 1.83 bits per heavy atom. The number of carbonyl (C=O) groups is 1. The molecule has 3 rings (SSSR count). The molecule has 1 N–H and O–H groups in total. The third-order valence-corrected chi connectivity index (χ3v) is 4.21. The fourth-order valence-corrected chi connectivity index (χ4v) is 2.66. The van der Waals surface area contributed by atoms with Crippen LogP contribution < -0.4 is 10.1 Å². The van der Waals surface area contributed by atoms with Crippen LogP contribution in [-0.4, -0.2) is 29.0 Å². The molecule has 152 valence electrons. The van der Waals surface area contributed by atoms with Crippen molar-refractivity contribution < 1.29 is 27.1 Å². The number of rotatable bonds is 5. The number of benzene rings is 2. The lowest BCUT2D eigenvalue weighted by Gasteiger charge is -2.11. The van der Waals surface area contributed by atoms with E-state index in [9.17, 15) is 22.4 Å². The highest BCUT2D eigenvalue weighted by Crippen LogP contribution is 2.31.